The number of methoxy groups -OCH3 is 1. The van der Waals surface area contributed by atoms with Crippen LogP contribution in [0, 0.1) is 0 Å². The molecule has 0 heterocycles. The van der Waals surface area contributed by atoms with E-state index < -0.39 is 10.0 Å². The normalized spacial score (nSPS) is 13.4. The van der Waals surface area contributed by atoms with Crippen molar-refractivity contribution in [3.63, 3.8) is 0 Å². The molecule has 1 aromatic rings. The molecule has 1 rings (SSSR count). The van der Waals surface area contributed by atoms with E-state index in [-0.39, 0.29) is 11.8 Å². The van der Waals surface area contributed by atoms with Gasteiger partial charge in [-0.3, -0.25) is 0 Å². The quantitative estimate of drug-likeness (QED) is 0.721. The molecule has 0 saturated carbocycles. The van der Waals surface area contributed by atoms with E-state index in [1.165, 1.54) is 7.11 Å². The van der Waals surface area contributed by atoms with Gasteiger partial charge in [-0.2, -0.15) is 0 Å². The summed E-state index contributed by atoms with van der Waals surface area (Å²) in [7, 11) is -1.83. The van der Waals surface area contributed by atoms with Gasteiger partial charge in [-0.05, 0) is 18.5 Å². The van der Waals surface area contributed by atoms with Crippen molar-refractivity contribution in [2.24, 2.45) is 5.73 Å². The van der Waals surface area contributed by atoms with Crippen molar-refractivity contribution in [1.82, 2.24) is 4.72 Å². The lowest BCUT2D eigenvalue weighted by atomic mass is 10.2. The van der Waals surface area contributed by atoms with Crippen LogP contribution in [0.4, 0.5) is 0 Å². The second-order valence-corrected chi connectivity index (χ2v) is 5.85. The Bertz CT molecular complexity index is 428. The van der Waals surface area contributed by atoms with Crippen molar-refractivity contribution in [3.05, 3.63) is 35.9 Å². The lowest BCUT2D eigenvalue weighted by molar-refractivity contribution is 0.172. The zero-order valence-corrected chi connectivity index (χ0v) is 11.3. The third-order valence-electron chi connectivity index (χ3n) is 2.43. The molecule has 0 amide bonds. The number of hydrogen-bond donors (Lipinski definition) is 2. The second kappa shape index (κ2) is 7.48. The predicted molar refractivity (Wildman–Crippen MR) is 71.5 cm³/mol. The molecule has 102 valence electrons. The SMILES string of the molecule is COCC(CCN)NS(=O)(=O)Cc1ccccc1. The monoisotopic (exact) mass is 272 g/mol. The van der Waals surface area contributed by atoms with Gasteiger partial charge in [-0.1, -0.05) is 30.3 Å². The summed E-state index contributed by atoms with van der Waals surface area (Å²) in [5.41, 5.74) is 6.20. The first kappa shape index (κ1) is 15.1. The standard InChI is InChI=1S/C12H20N2O3S/c1-17-9-12(7-8-13)14-18(15,16)10-11-5-3-2-4-6-11/h2-6,12,14H,7-10,13H2,1H3. The van der Waals surface area contributed by atoms with E-state index in [4.69, 9.17) is 10.5 Å². The molecule has 5 nitrogen and oxygen atoms in total. The molecular weight excluding hydrogens is 252 g/mol. The van der Waals surface area contributed by atoms with Gasteiger partial charge >= 0.3 is 0 Å². The number of sulfonamides is 1. The van der Waals surface area contributed by atoms with Crippen molar-refractivity contribution in [2.75, 3.05) is 20.3 Å². The van der Waals surface area contributed by atoms with E-state index in [2.05, 4.69) is 4.72 Å². The maximum absolute atomic E-state index is 12.0. The highest BCUT2D eigenvalue weighted by atomic mass is 32.2. The molecule has 6 heteroatoms. The third-order valence-corrected chi connectivity index (χ3v) is 3.83. The van der Waals surface area contributed by atoms with Crippen LogP contribution in [0.1, 0.15) is 12.0 Å². The number of rotatable bonds is 8. The molecule has 18 heavy (non-hydrogen) atoms. The Morgan fingerprint density at radius 2 is 2.00 bits per heavy atom. The van der Waals surface area contributed by atoms with Gasteiger partial charge in [0.25, 0.3) is 0 Å². The van der Waals surface area contributed by atoms with E-state index >= 15 is 0 Å². The molecule has 0 bridgehead atoms. The minimum Gasteiger partial charge on any atom is -0.383 e. The summed E-state index contributed by atoms with van der Waals surface area (Å²) in [6, 6.07) is 8.79. The number of benzene rings is 1. The van der Waals surface area contributed by atoms with Gasteiger partial charge in [-0.15, -0.1) is 0 Å². The second-order valence-electron chi connectivity index (χ2n) is 4.09. The average Bonchev–Trinajstić information content (AvgIpc) is 2.29. The molecule has 0 fully saturated rings. The highest BCUT2D eigenvalue weighted by Crippen LogP contribution is 2.05. The third kappa shape index (κ3) is 5.59. The molecule has 0 aliphatic heterocycles. The van der Waals surface area contributed by atoms with Crippen LogP contribution in [0.2, 0.25) is 0 Å². The number of ether oxygens (including phenoxy) is 1. The van der Waals surface area contributed by atoms with Crippen LogP contribution in [-0.4, -0.2) is 34.7 Å². The van der Waals surface area contributed by atoms with Crippen LogP contribution in [0.5, 0.6) is 0 Å². The first-order chi connectivity index (χ1) is 8.57. The van der Waals surface area contributed by atoms with Crippen LogP contribution >= 0.6 is 0 Å². The highest BCUT2D eigenvalue weighted by Gasteiger charge is 2.17. The topological polar surface area (TPSA) is 81.4 Å². The van der Waals surface area contributed by atoms with E-state index in [1.807, 2.05) is 18.2 Å². The van der Waals surface area contributed by atoms with Gasteiger partial charge in [0, 0.05) is 13.2 Å². The van der Waals surface area contributed by atoms with E-state index in [0.29, 0.717) is 19.6 Å². The molecule has 3 N–H and O–H groups in total. The van der Waals surface area contributed by atoms with Gasteiger partial charge in [0.2, 0.25) is 10.0 Å². The Balaban J connectivity index is 2.63. The molecule has 1 atom stereocenters. The summed E-state index contributed by atoms with van der Waals surface area (Å²) >= 11 is 0. The van der Waals surface area contributed by atoms with E-state index in [0.717, 1.165) is 5.56 Å². The average molecular weight is 272 g/mol. The summed E-state index contributed by atoms with van der Waals surface area (Å²) in [4.78, 5) is 0. The Kier molecular flexibility index (Phi) is 6.28. The first-order valence-electron chi connectivity index (χ1n) is 5.80. The molecule has 1 unspecified atom stereocenters. The Morgan fingerprint density at radius 3 is 2.56 bits per heavy atom. The summed E-state index contributed by atoms with van der Waals surface area (Å²) in [6.45, 7) is 0.743. The van der Waals surface area contributed by atoms with Gasteiger partial charge < -0.3 is 10.5 Å². The fourth-order valence-electron chi connectivity index (χ4n) is 1.67. The molecule has 0 spiro atoms. The molecule has 1 aromatic carbocycles. The van der Waals surface area contributed by atoms with Crippen LogP contribution < -0.4 is 10.5 Å². The van der Waals surface area contributed by atoms with Crippen LogP contribution in [0.25, 0.3) is 0 Å². The molecule has 0 aliphatic rings. The van der Waals surface area contributed by atoms with Gasteiger partial charge in [0.05, 0.1) is 12.4 Å². The Hall–Kier alpha value is -0.950. The van der Waals surface area contributed by atoms with Gasteiger partial charge in [0.1, 0.15) is 0 Å². The fraction of sp³-hybridized carbons (Fsp3) is 0.500. The van der Waals surface area contributed by atoms with Crippen molar-refractivity contribution in [2.45, 2.75) is 18.2 Å². The van der Waals surface area contributed by atoms with E-state index in [1.54, 1.807) is 12.1 Å². The first-order valence-corrected chi connectivity index (χ1v) is 7.45. The fourth-order valence-corrected chi connectivity index (χ4v) is 3.08. The predicted octanol–water partition coefficient (Wildman–Crippen LogP) is 0.470. The molecular formula is C12H20N2O3S. The molecule has 0 saturated heterocycles. The Morgan fingerprint density at radius 1 is 1.33 bits per heavy atom. The Labute approximate surface area is 108 Å². The maximum atomic E-state index is 12.0. The van der Waals surface area contributed by atoms with E-state index in [9.17, 15) is 8.42 Å². The molecule has 0 aromatic heterocycles. The van der Waals surface area contributed by atoms with Crippen molar-refractivity contribution in [1.29, 1.82) is 0 Å². The van der Waals surface area contributed by atoms with Gasteiger partial charge in [0.15, 0.2) is 0 Å². The molecule has 0 aliphatic carbocycles. The van der Waals surface area contributed by atoms with Crippen LogP contribution in [0.3, 0.4) is 0 Å². The number of nitrogens with one attached hydrogen (secondary N) is 1. The van der Waals surface area contributed by atoms with Gasteiger partial charge in [-0.25, -0.2) is 13.1 Å². The zero-order valence-electron chi connectivity index (χ0n) is 10.5. The number of hydrogen-bond acceptors (Lipinski definition) is 4. The summed E-state index contributed by atoms with van der Waals surface area (Å²) in [5.74, 6) is -0.0291. The van der Waals surface area contributed by atoms with Crippen molar-refractivity contribution >= 4 is 10.0 Å². The lowest BCUT2D eigenvalue weighted by Crippen LogP contribution is -2.39. The van der Waals surface area contributed by atoms with Crippen LogP contribution in [0.15, 0.2) is 30.3 Å². The minimum atomic E-state index is -3.36. The highest BCUT2D eigenvalue weighted by molar-refractivity contribution is 7.88. The smallest absolute Gasteiger partial charge is 0.216 e. The number of nitrogens with two attached hydrogens (primary N) is 1. The minimum absolute atomic E-state index is 0.0291. The largest absolute Gasteiger partial charge is 0.383 e. The molecule has 0 radical (unpaired) electrons. The van der Waals surface area contributed by atoms with Crippen LogP contribution in [-0.2, 0) is 20.5 Å². The lowest BCUT2D eigenvalue weighted by Gasteiger charge is -2.17. The zero-order chi connectivity index (χ0) is 13.4. The van der Waals surface area contributed by atoms with Crippen molar-refractivity contribution < 1.29 is 13.2 Å². The van der Waals surface area contributed by atoms with Crippen molar-refractivity contribution in [3.8, 4) is 0 Å². The summed E-state index contributed by atoms with van der Waals surface area (Å²) in [5, 5.41) is 0. The summed E-state index contributed by atoms with van der Waals surface area (Å²) < 4.78 is 31.5. The summed E-state index contributed by atoms with van der Waals surface area (Å²) in [6.07, 6.45) is 0.557. The maximum Gasteiger partial charge on any atom is 0.216 e.